The fourth-order valence-electron chi connectivity index (χ4n) is 10.4. The number of benzene rings is 7. The minimum Gasteiger partial charge on any atom is -0.507 e. The van der Waals surface area contributed by atoms with Gasteiger partial charge in [0.05, 0.1) is 22.4 Å². The van der Waals surface area contributed by atoms with Crippen LogP contribution in [0.15, 0.2) is 146 Å². The molecule has 0 radical (unpaired) electrons. The van der Waals surface area contributed by atoms with E-state index in [0.717, 1.165) is 91.3 Å². The second-order valence-corrected chi connectivity index (χ2v) is 20.4. The SMILES string of the molecule is Cc1cccc(C)c1-n1c(-c2ccc3c(n2)-c2c(O)cccc2CC3)nc2c(-c3cccc(-c4c(-c5cc(C(C)C)cc(C(C)C)c5)cccc4-c4cc(C(C)C)cc(C(C)C)c4)c3)cccc21. The third-order valence-electron chi connectivity index (χ3n) is 14.4. The molecule has 0 amide bonds. The molecule has 0 unspecified atom stereocenters. The van der Waals surface area contributed by atoms with Crippen LogP contribution in [-0.2, 0) is 12.8 Å². The first kappa shape index (κ1) is 44.8. The first-order chi connectivity index (χ1) is 32.7. The molecule has 0 saturated heterocycles. The predicted octanol–water partition coefficient (Wildman–Crippen LogP) is 17.3. The highest BCUT2D eigenvalue weighted by molar-refractivity contribution is 5.99. The molecule has 68 heavy (non-hydrogen) atoms. The average Bonchev–Trinajstić information content (AvgIpc) is 3.72. The molecule has 4 heteroatoms. The van der Waals surface area contributed by atoms with E-state index < -0.39 is 0 Å². The second-order valence-electron chi connectivity index (χ2n) is 20.4. The van der Waals surface area contributed by atoms with Crippen LogP contribution < -0.4 is 0 Å². The summed E-state index contributed by atoms with van der Waals surface area (Å²) in [6.45, 7) is 22.8. The smallest absolute Gasteiger partial charge is 0.164 e. The molecule has 10 rings (SSSR count). The summed E-state index contributed by atoms with van der Waals surface area (Å²) >= 11 is 0. The molecule has 2 aromatic heterocycles. The number of para-hydroxylation sites is 2. The molecule has 0 spiro atoms. The lowest BCUT2D eigenvalue weighted by Crippen LogP contribution is -2.08. The molecule has 1 aliphatic rings. The Labute approximate surface area is 403 Å². The van der Waals surface area contributed by atoms with Gasteiger partial charge in [-0.15, -0.1) is 0 Å². The van der Waals surface area contributed by atoms with Gasteiger partial charge in [0.15, 0.2) is 5.82 Å². The monoisotopic (exact) mass is 889 g/mol. The summed E-state index contributed by atoms with van der Waals surface area (Å²) in [7, 11) is 0. The van der Waals surface area contributed by atoms with E-state index in [2.05, 4.69) is 207 Å². The van der Waals surface area contributed by atoms with Crippen molar-refractivity contribution in [3.05, 3.63) is 190 Å². The summed E-state index contributed by atoms with van der Waals surface area (Å²) < 4.78 is 2.31. The van der Waals surface area contributed by atoms with Gasteiger partial charge in [0.2, 0.25) is 0 Å². The van der Waals surface area contributed by atoms with Crippen LogP contribution in [0, 0.1) is 13.8 Å². The number of fused-ring (bicyclic) bond motifs is 4. The fraction of sp³-hybridized carbons (Fsp3) is 0.250. The summed E-state index contributed by atoms with van der Waals surface area (Å²) in [6.07, 6.45) is 1.75. The Hall–Kier alpha value is -7.04. The number of hydrogen-bond acceptors (Lipinski definition) is 3. The van der Waals surface area contributed by atoms with Crippen LogP contribution in [0.5, 0.6) is 5.75 Å². The van der Waals surface area contributed by atoms with Crippen LogP contribution in [0.4, 0.5) is 0 Å². The van der Waals surface area contributed by atoms with Gasteiger partial charge in [-0.3, -0.25) is 4.57 Å². The van der Waals surface area contributed by atoms with Gasteiger partial charge in [-0.05, 0) is 158 Å². The average molecular weight is 890 g/mol. The van der Waals surface area contributed by atoms with E-state index in [4.69, 9.17) is 9.97 Å². The van der Waals surface area contributed by atoms with Crippen molar-refractivity contribution >= 4 is 11.0 Å². The molecule has 0 aliphatic heterocycles. The van der Waals surface area contributed by atoms with E-state index in [1.807, 2.05) is 6.07 Å². The number of aromatic nitrogens is 3. The number of aromatic hydroxyl groups is 1. The quantitative estimate of drug-likeness (QED) is 0.149. The number of rotatable bonds is 10. The maximum Gasteiger partial charge on any atom is 0.164 e. The first-order valence-corrected chi connectivity index (χ1v) is 24.7. The number of hydrogen-bond donors (Lipinski definition) is 1. The van der Waals surface area contributed by atoms with E-state index in [9.17, 15) is 5.11 Å². The number of aryl methyl sites for hydroxylation is 4. The summed E-state index contributed by atoms with van der Waals surface area (Å²) in [5.74, 6) is 2.62. The Morgan fingerprint density at radius 3 is 1.57 bits per heavy atom. The van der Waals surface area contributed by atoms with Gasteiger partial charge >= 0.3 is 0 Å². The lowest BCUT2D eigenvalue weighted by molar-refractivity contribution is 0.476. The molecule has 9 aromatic rings. The lowest BCUT2D eigenvalue weighted by Gasteiger charge is -2.21. The highest BCUT2D eigenvalue weighted by atomic mass is 16.3. The van der Waals surface area contributed by atoms with Crippen molar-refractivity contribution in [1.82, 2.24) is 14.5 Å². The van der Waals surface area contributed by atoms with Crippen molar-refractivity contribution in [3.63, 3.8) is 0 Å². The zero-order valence-corrected chi connectivity index (χ0v) is 41.4. The third-order valence-corrected chi connectivity index (χ3v) is 14.4. The highest BCUT2D eigenvalue weighted by Crippen LogP contribution is 2.46. The van der Waals surface area contributed by atoms with Crippen molar-refractivity contribution < 1.29 is 5.11 Å². The zero-order chi connectivity index (χ0) is 47.5. The molecular weight excluding hydrogens is 827 g/mol. The Morgan fingerprint density at radius 2 is 0.971 bits per heavy atom. The van der Waals surface area contributed by atoms with Gasteiger partial charge in [-0.25, -0.2) is 9.97 Å². The van der Waals surface area contributed by atoms with E-state index in [1.165, 1.54) is 50.1 Å². The van der Waals surface area contributed by atoms with E-state index in [-0.39, 0.29) is 5.75 Å². The predicted molar refractivity (Wildman–Crippen MR) is 286 cm³/mol. The van der Waals surface area contributed by atoms with Crippen LogP contribution in [0.1, 0.15) is 124 Å². The third kappa shape index (κ3) is 8.04. The van der Waals surface area contributed by atoms with Gasteiger partial charge in [-0.1, -0.05) is 177 Å². The first-order valence-electron chi connectivity index (χ1n) is 24.7. The largest absolute Gasteiger partial charge is 0.507 e. The molecule has 0 fully saturated rings. The van der Waals surface area contributed by atoms with Gasteiger partial charge in [0.1, 0.15) is 11.4 Å². The summed E-state index contributed by atoms with van der Waals surface area (Å²) in [5.41, 5.74) is 25.0. The van der Waals surface area contributed by atoms with Crippen molar-refractivity contribution in [1.29, 1.82) is 0 Å². The van der Waals surface area contributed by atoms with Crippen LogP contribution in [-0.4, -0.2) is 19.6 Å². The summed E-state index contributed by atoms with van der Waals surface area (Å²) in [6, 6.07) is 53.7. The van der Waals surface area contributed by atoms with Crippen LogP contribution in [0.2, 0.25) is 0 Å². The number of phenols is 1. The van der Waals surface area contributed by atoms with Gasteiger partial charge in [0.25, 0.3) is 0 Å². The molecule has 0 saturated carbocycles. The van der Waals surface area contributed by atoms with Gasteiger partial charge in [0, 0.05) is 11.1 Å². The maximum atomic E-state index is 11.2. The van der Waals surface area contributed by atoms with Crippen molar-refractivity contribution in [2.24, 2.45) is 0 Å². The topological polar surface area (TPSA) is 50.9 Å². The van der Waals surface area contributed by atoms with Crippen LogP contribution in [0.25, 0.3) is 84.0 Å². The molecule has 1 N–H and O–H groups in total. The van der Waals surface area contributed by atoms with E-state index >= 15 is 0 Å². The number of imidazole rings is 1. The van der Waals surface area contributed by atoms with E-state index in [0.29, 0.717) is 23.7 Å². The number of nitrogens with zero attached hydrogens (tertiary/aromatic N) is 3. The summed E-state index contributed by atoms with van der Waals surface area (Å²) in [4.78, 5) is 11.0. The van der Waals surface area contributed by atoms with Gasteiger partial charge in [-0.2, -0.15) is 0 Å². The standard InChI is InChI=1S/C64H63N3O/c1-37(2)47-31-48(38(3)4)34-51(33-47)53-21-14-22-54(52-35-49(39(5)6)32-50(36-52)40(7)8)59(53)46-20-12-19-45(30-46)55-23-15-24-57-62(55)66-64(67(57)63-41(9)16-11-17-42(63)10)56-29-28-44-27-26-43-18-13-25-58(68)60(43)61(44)65-56/h11-25,28-40,68H,26-27H2,1-10H3. The normalized spacial score (nSPS) is 12.4. The molecule has 0 atom stereocenters. The fourth-order valence-corrected chi connectivity index (χ4v) is 10.4. The minimum absolute atomic E-state index is 0.268. The molecule has 0 bridgehead atoms. The zero-order valence-electron chi connectivity index (χ0n) is 41.4. The lowest BCUT2D eigenvalue weighted by atomic mass is 9.83. The molecule has 340 valence electrons. The maximum absolute atomic E-state index is 11.2. The van der Waals surface area contributed by atoms with Crippen molar-refractivity contribution in [2.75, 3.05) is 0 Å². The Kier molecular flexibility index (Phi) is 11.8. The van der Waals surface area contributed by atoms with Gasteiger partial charge < -0.3 is 5.11 Å². The minimum atomic E-state index is 0.268. The Bertz CT molecular complexity index is 3240. The van der Waals surface area contributed by atoms with E-state index in [1.54, 1.807) is 6.07 Å². The second kappa shape index (κ2) is 17.9. The number of pyridine rings is 1. The van der Waals surface area contributed by atoms with Crippen molar-refractivity contribution in [2.45, 2.75) is 106 Å². The Morgan fingerprint density at radius 1 is 0.456 bits per heavy atom. The number of phenolic OH excluding ortho intramolecular Hbond substituents is 1. The molecule has 4 nitrogen and oxygen atoms in total. The molecule has 7 aromatic carbocycles. The molecular formula is C64H63N3O. The van der Waals surface area contributed by atoms with Crippen LogP contribution >= 0.6 is 0 Å². The Balaban J connectivity index is 1.22. The molecule has 2 heterocycles. The van der Waals surface area contributed by atoms with Crippen LogP contribution in [0.3, 0.4) is 0 Å². The summed E-state index contributed by atoms with van der Waals surface area (Å²) in [5, 5.41) is 11.2. The molecule has 1 aliphatic carbocycles. The highest BCUT2D eigenvalue weighted by Gasteiger charge is 2.26. The van der Waals surface area contributed by atoms with Crippen molar-refractivity contribution in [3.8, 4) is 78.7 Å².